The molecule has 0 bridgehead atoms. The van der Waals surface area contributed by atoms with Crippen molar-refractivity contribution in [2.24, 2.45) is 0 Å². The van der Waals surface area contributed by atoms with Gasteiger partial charge in [-0.25, -0.2) is 0 Å². The highest BCUT2D eigenvalue weighted by Crippen LogP contribution is 2.30. The second-order valence-electron chi connectivity index (χ2n) is 6.51. The van der Waals surface area contributed by atoms with Crippen molar-refractivity contribution in [2.75, 3.05) is 11.1 Å². The van der Waals surface area contributed by atoms with E-state index >= 15 is 0 Å². The Bertz CT molecular complexity index is 930. The number of anilines is 1. The molecule has 1 amide bonds. The topological polar surface area (TPSA) is 73.0 Å². The minimum absolute atomic E-state index is 0.0553. The lowest BCUT2D eigenvalue weighted by Crippen LogP contribution is -2.16. The Balaban J connectivity index is 1.74. The van der Waals surface area contributed by atoms with Gasteiger partial charge in [-0.2, -0.15) is 0 Å². The van der Waals surface area contributed by atoms with E-state index in [2.05, 4.69) is 36.3 Å². The van der Waals surface area contributed by atoms with E-state index in [0.717, 1.165) is 40.0 Å². The summed E-state index contributed by atoms with van der Waals surface area (Å²) in [5.41, 5.74) is 2.91. The van der Waals surface area contributed by atoms with Crippen LogP contribution in [0, 0.1) is 6.92 Å². The van der Waals surface area contributed by atoms with E-state index in [1.165, 1.54) is 11.8 Å². The number of furan rings is 1. The number of hydrogen-bond acceptors (Lipinski definition) is 5. The summed E-state index contributed by atoms with van der Waals surface area (Å²) in [6.45, 7) is 8.12. The number of para-hydroxylation sites is 1. The molecular formula is C20H24N4O2S. The highest BCUT2D eigenvalue weighted by molar-refractivity contribution is 7.99. The second-order valence-corrected chi connectivity index (χ2v) is 7.45. The van der Waals surface area contributed by atoms with Crippen LogP contribution in [0.15, 0.2) is 46.2 Å². The Morgan fingerprint density at radius 3 is 2.70 bits per heavy atom. The Labute approximate surface area is 163 Å². The maximum absolute atomic E-state index is 12.4. The Kier molecular flexibility index (Phi) is 6.01. The number of nitrogens with one attached hydrogen (secondary N) is 1. The summed E-state index contributed by atoms with van der Waals surface area (Å²) in [5.74, 6) is 1.78. The minimum atomic E-state index is -0.0553. The van der Waals surface area contributed by atoms with Crippen molar-refractivity contribution in [1.29, 1.82) is 0 Å². The van der Waals surface area contributed by atoms with Gasteiger partial charge in [-0.3, -0.25) is 9.36 Å². The van der Waals surface area contributed by atoms with E-state index < -0.39 is 0 Å². The van der Waals surface area contributed by atoms with Gasteiger partial charge in [-0.1, -0.05) is 36.9 Å². The van der Waals surface area contributed by atoms with Gasteiger partial charge in [-0.15, -0.1) is 10.2 Å². The number of aromatic nitrogens is 3. The van der Waals surface area contributed by atoms with Gasteiger partial charge < -0.3 is 9.73 Å². The highest BCUT2D eigenvalue weighted by Gasteiger charge is 2.20. The number of carbonyl (C=O) groups excluding carboxylic acids is 1. The van der Waals surface area contributed by atoms with Gasteiger partial charge in [0.15, 0.2) is 11.0 Å². The maximum atomic E-state index is 12.4. The number of benzene rings is 1. The molecule has 0 radical (unpaired) electrons. The van der Waals surface area contributed by atoms with Gasteiger partial charge in [0.05, 0.1) is 17.6 Å². The quantitative estimate of drug-likeness (QED) is 0.597. The van der Waals surface area contributed by atoms with E-state index in [9.17, 15) is 4.79 Å². The smallest absolute Gasteiger partial charge is 0.234 e. The number of aryl methyl sites for hydroxylation is 2. The molecule has 1 N–H and O–H groups in total. The van der Waals surface area contributed by atoms with Crippen LogP contribution in [-0.2, 0) is 11.2 Å². The first-order valence-electron chi connectivity index (χ1n) is 9.01. The molecule has 0 atom stereocenters. The van der Waals surface area contributed by atoms with Crippen LogP contribution < -0.4 is 5.32 Å². The summed E-state index contributed by atoms with van der Waals surface area (Å²) in [5, 5.41) is 12.3. The Morgan fingerprint density at radius 1 is 1.26 bits per heavy atom. The van der Waals surface area contributed by atoms with Gasteiger partial charge in [0.25, 0.3) is 0 Å². The number of nitrogens with zero attached hydrogens (tertiary/aromatic N) is 3. The molecule has 27 heavy (non-hydrogen) atoms. The average Bonchev–Trinajstić information content (AvgIpc) is 3.26. The number of hydrogen-bond donors (Lipinski definition) is 1. The molecule has 142 valence electrons. The summed E-state index contributed by atoms with van der Waals surface area (Å²) >= 11 is 1.39. The SMILES string of the molecule is CCc1ccccc1NC(=O)CSc1nnc(-c2ccoc2C)n1C(C)C. The van der Waals surface area contributed by atoms with Crippen LogP contribution in [0.25, 0.3) is 11.4 Å². The van der Waals surface area contributed by atoms with Crippen LogP contribution in [0.3, 0.4) is 0 Å². The Hall–Kier alpha value is -2.54. The molecule has 3 aromatic rings. The van der Waals surface area contributed by atoms with Crippen LogP contribution >= 0.6 is 11.8 Å². The third kappa shape index (κ3) is 4.24. The first kappa shape index (κ1) is 19.2. The third-order valence-electron chi connectivity index (χ3n) is 4.29. The number of thioether (sulfide) groups is 1. The first-order valence-corrected chi connectivity index (χ1v) is 9.99. The number of rotatable bonds is 7. The van der Waals surface area contributed by atoms with Gasteiger partial charge in [0.2, 0.25) is 5.91 Å². The summed E-state index contributed by atoms with van der Waals surface area (Å²) in [6.07, 6.45) is 2.52. The lowest BCUT2D eigenvalue weighted by Gasteiger charge is -2.13. The Morgan fingerprint density at radius 2 is 2.04 bits per heavy atom. The van der Waals surface area contributed by atoms with Gasteiger partial charge >= 0.3 is 0 Å². The first-order chi connectivity index (χ1) is 13.0. The molecule has 0 fully saturated rings. The zero-order valence-corrected chi connectivity index (χ0v) is 16.8. The summed E-state index contributed by atoms with van der Waals surface area (Å²) in [4.78, 5) is 12.4. The highest BCUT2D eigenvalue weighted by atomic mass is 32.2. The van der Waals surface area contributed by atoms with E-state index in [1.54, 1.807) is 6.26 Å². The number of amides is 1. The summed E-state index contributed by atoms with van der Waals surface area (Å²) in [7, 11) is 0. The van der Waals surface area contributed by atoms with Gasteiger partial charge in [-0.05, 0) is 44.9 Å². The monoisotopic (exact) mass is 384 g/mol. The predicted molar refractivity (Wildman–Crippen MR) is 108 cm³/mol. The van der Waals surface area contributed by atoms with Crippen LogP contribution in [0.5, 0.6) is 0 Å². The minimum Gasteiger partial charge on any atom is -0.469 e. The molecule has 0 aliphatic carbocycles. The predicted octanol–water partition coefficient (Wildman–Crippen LogP) is 4.72. The molecule has 0 saturated carbocycles. The zero-order valence-electron chi connectivity index (χ0n) is 16.0. The van der Waals surface area contributed by atoms with E-state index in [1.807, 2.05) is 41.8 Å². The zero-order chi connectivity index (χ0) is 19.4. The fourth-order valence-electron chi connectivity index (χ4n) is 2.91. The van der Waals surface area contributed by atoms with Crippen molar-refractivity contribution < 1.29 is 9.21 Å². The molecule has 0 saturated heterocycles. The molecule has 0 spiro atoms. The third-order valence-corrected chi connectivity index (χ3v) is 5.23. The largest absolute Gasteiger partial charge is 0.469 e. The fraction of sp³-hybridized carbons (Fsp3) is 0.350. The normalized spacial score (nSPS) is 11.1. The van der Waals surface area contributed by atoms with E-state index in [4.69, 9.17) is 4.42 Å². The lowest BCUT2D eigenvalue weighted by atomic mass is 10.1. The number of carbonyl (C=O) groups is 1. The molecular weight excluding hydrogens is 360 g/mol. The molecule has 3 rings (SSSR count). The molecule has 7 heteroatoms. The standard InChI is InChI=1S/C20H24N4O2S/c1-5-15-8-6-7-9-17(15)21-18(25)12-27-20-23-22-19(24(20)13(2)3)16-10-11-26-14(16)4/h6-11,13H,5,12H2,1-4H3,(H,21,25). The lowest BCUT2D eigenvalue weighted by molar-refractivity contribution is -0.113. The summed E-state index contributed by atoms with van der Waals surface area (Å²) in [6, 6.07) is 9.91. The maximum Gasteiger partial charge on any atom is 0.234 e. The van der Waals surface area contributed by atoms with Crippen molar-refractivity contribution in [2.45, 2.75) is 45.3 Å². The van der Waals surface area contributed by atoms with E-state index in [0.29, 0.717) is 0 Å². The molecule has 0 aliphatic rings. The van der Waals surface area contributed by atoms with Crippen LogP contribution in [0.1, 0.15) is 38.1 Å². The van der Waals surface area contributed by atoms with Gasteiger partial charge in [0.1, 0.15) is 5.76 Å². The van der Waals surface area contributed by atoms with Gasteiger partial charge in [0, 0.05) is 11.7 Å². The van der Waals surface area contributed by atoms with Crippen molar-refractivity contribution in [3.05, 3.63) is 47.9 Å². The van der Waals surface area contributed by atoms with Crippen LogP contribution in [0.2, 0.25) is 0 Å². The fourth-order valence-corrected chi connectivity index (χ4v) is 3.78. The molecule has 0 aliphatic heterocycles. The van der Waals surface area contributed by atoms with Crippen molar-refractivity contribution in [1.82, 2.24) is 14.8 Å². The van der Waals surface area contributed by atoms with Crippen molar-refractivity contribution in [3.63, 3.8) is 0 Å². The average molecular weight is 385 g/mol. The second kappa shape index (κ2) is 8.43. The van der Waals surface area contributed by atoms with Crippen molar-refractivity contribution >= 4 is 23.4 Å². The van der Waals surface area contributed by atoms with Crippen LogP contribution in [-0.4, -0.2) is 26.4 Å². The molecule has 6 nitrogen and oxygen atoms in total. The molecule has 0 unspecified atom stereocenters. The molecule has 2 aromatic heterocycles. The van der Waals surface area contributed by atoms with E-state index in [-0.39, 0.29) is 17.7 Å². The van der Waals surface area contributed by atoms with Crippen molar-refractivity contribution in [3.8, 4) is 11.4 Å². The molecule has 1 aromatic carbocycles. The molecule has 2 heterocycles. The van der Waals surface area contributed by atoms with Crippen LogP contribution in [0.4, 0.5) is 5.69 Å². The summed E-state index contributed by atoms with van der Waals surface area (Å²) < 4.78 is 7.43.